The number of aromatic carboxylic acids is 1. The predicted molar refractivity (Wildman–Crippen MR) is 214 cm³/mol. The van der Waals surface area contributed by atoms with E-state index in [1.165, 1.54) is 114 Å². The van der Waals surface area contributed by atoms with E-state index >= 15 is 0 Å². The van der Waals surface area contributed by atoms with Gasteiger partial charge in [-0.25, -0.2) is 4.79 Å². The Hall–Kier alpha value is -5.99. The number of carboxylic acids is 1. The summed E-state index contributed by atoms with van der Waals surface area (Å²) in [4.78, 5) is 13.7. The Bertz CT molecular complexity index is 3550. The van der Waals surface area contributed by atoms with E-state index in [-0.39, 0.29) is 0 Å². The lowest BCUT2D eigenvalue weighted by molar-refractivity contribution is 0.0698. The quantitative estimate of drug-likeness (QED) is 0.143. The van der Waals surface area contributed by atoms with Gasteiger partial charge in [0.15, 0.2) is 0 Å². The zero-order valence-corrected chi connectivity index (χ0v) is 28.4. The highest BCUT2D eigenvalue weighted by Crippen LogP contribution is 2.58. The molecule has 0 amide bonds. The number of hydrogen-bond donors (Lipinski definition) is 1. The van der Waals surface area contributed by atoms with Crippen molar-refractivity contribution in [3.8, 4) is 0 Å². The van der Waals surface area contributed by atoms with E-state index in [1.54, 1.807) is 0 Å². The molecule has 0 aliphatic heterocycles. The molecule has 0 radical (unpaired) electrons. The number of carboxylic acid groups (broad SMARTS) is 1. The van der Waals surface area contributed by atoms with Gasteiger partial charge in [0.1, 0.15) is 0 Å². The predicted octanol–water partition coefficient (Wildman–Crippen LogP) is 13.4. The Morgan fingerprint density at radius 3 is 1.32 bits per heavy atom. The number of carbonyl (C=O) groups is 1. The first-order chi connectivity index (χ1) is 24.2. The largest absolute Gasteiger partial charge is 0.478 e. The highest BCUT2D eigenvalue weighted by atomic mass is 16.4. The smallest absolute Gasteiger partial charge is 0.336 e. The minimum absolute atomic E-state index is 0.422. The number of benzene rings is 12. The number of fused-ring (bicyclic) bond motifs is 9. The molecular weight excluding hydrogens is 609 g/mol. The van der Waals surface area contributed by atoms with Crippen LogP contribution in [0, 0.1) is 34.6 Å². The molecule has 0 heterocycles. The van der Waals surface area contributed by atoms with E-state index in [0.29, 0.717) is 5.56 Å². The standard InChI is InChI=1S/C48H30O2/c1-20-12-14-25-27-8-6-10-29-37-24(5)38(48(49)50)41-30-11-7-9-28-26-15-13-21(2)17-32(26)34-19-23(4)36-35-22(3)18-33(31(25)16-20)42(39(27)29)44(35)46(37)47(41)45(36)43(34)40(28)30/h6-19H,1-5H3,(H,49,50). The van der Waals surface area contributed by atoms with Gasteiger partial charge in [-0.3, -0.25) is 0 Å². The van der Waals surface area contributed by atoms with Crippen LogP contribution in [0.15, 0.2) is 84.9 Å². The minimum atomic E-state index is -0.869. The fourth-order valence-corrected chi connectivity index (χ4v) is 10.7. The Morgan fingerprint density at radius 1 is 0.380 bits per heavy atom. The molecule has 12 rings (SSSR count). The van der Waals surface area contributed by atoms with E-state index in [1.807, 2.05) is 0 Å². The van der Waals surface area contributed by atoms with Gasteiger partial charge >= 0.3 is 5.97 Å². The van der Waals surface area contributed by atoms with E-state index in [2.05, 4.69) is 120 Å². The van der Waals surface area contributed by atoms with Gasteiger partial charge in [-0.2, -0.15) is 0 Å². The first-order valence-corrected chi connectivity index (χ1v) is 17.5. The van der Waals surface area contributed by atoms with E-state index in [0.717, 1.165) is 32.5 Å². The molecule has 0 unspecified atom stereocenters. The lowest BCUT2D eigenvalue weighted by atomic mass is 9.74. The molecule has 1 N–H and O–H groups in total. The molecule has 0 fully saturated rings. The zero-order valence-electron chi connectivity index (χ0n) is 28.4. The molecular formula is C48H30O2. The first kappa shape index (κ1) is 26.9. The van der Waals surface area contributed by atoms with Crippen molar-refractivity contribution in [2.45, 2.75) is 34.6 Å². The number of rotatable bonds is 1. The summed E-state index contributed by atoms with van der Waals surface area (Å²) < 4.78 is 0. The molecule has 0 saturated heterocycles. The normalized spacial score (nSPS) is 13.1. The molecule has 0 aliphatic rings. The van der Waals surface area contributed by atoms with Crippen LogP contribution in [0.3, 0.4) is 0 Å². The van der Waals surface area contributed by atoms with Gasteiger partial charge in [0, 0.05) is 10.8 Å². The zero-order chi connectivity index (χ0) is 33.6. The van der Waals surface area contributed by atoms with Crippen LogP contribution in [0.2, 0.25) is 0 Å². The summed E-state index contributed by atoms with van der Waals surface area (Å²) in [5.41, 5.74) is 6.24. The summed E-state index contributed by atoms with van der Waals surface area (Å²) in [7, 11) is 0. The molecule has 0 aromatic heterocycles. The molecule has 2 nitrogen and oxygen atoms in total. The molecule has 0 bridgehead atoms. The van der Waals surface area contributed by atoms with Crippen molar-refractivity contribution >= 4 is 124 Å². The fraction of sp³-hybridized carbons (Fsp3) is 0.104. The average molecular weight is 639 g/mol. The molecule has 12 aromatic rings. The SMILES string of the molecule is Cc1ccc2c(c1)c1cc(C)c3c4c(C)cc5c6cc(C)ccc6c6cccc7c8c(C(=O)O)c(C)c9c%10cccc2c%10c1c3c9c8c4c5c67. The molecule has 2 heteroatoms. The van der Waals surface area contributed by atoms with Crippen molar-refractivity contribution in [1.29, 1.82) is 0 Å². The average Bonchev–Trinajstić information content (AvgIpc) is 3.10. The van der Waals surface area contributed by atoms with Crippen LogP contribution < -0.4 is 0 Å². The number of hydrogen-bond acceptors (Lipinski definition) is 1. The van der Waals surface area contributed by atoms with Crippen molar-refractivity contribution in [3.63, 3.8) is 0 Å². The summed E-state index contributed by atoms with van der Waals surface area (Å²) in [6.07, 6.45) is 0. The Morgan fingerprint density at radius 2 is 0.820 bits per heavy atom. The van der Waals surface area contributed by atoms with E-state index in [4.69, 9.17) is 0 Å². The Balaban J connectivity index is 1.57. The second-order valence-corrected chi connectivity index (χ2v) is 15.1. The highest BCUT2D eigenvalue weighted by molar-refractivity contribution is 6.55. The van der Waals surface area contributed by atoms with Crippen molar-refractivity contribution < 1.29 is 9.90 Å². The minimum Gasteiger partial charge on any atom is -0.478 e. The van der Waals surface area contributed by atoms with Gasteiger partial charge in [-0.05, 0) is 159 Å². The van der Waals surface area contributed by atoms with Crippen molar-refractivity contribution in [2.75, 3.05) is 0 Å². The number of aryl methyl sites for hydroxylation is 5. The van der Waals surface area contributed by atoms with Crippen LogP contribution in [-0.4, -0.2) is 11.1 Å². The molecule has 0 saturated carbocycles. The molecule has 50 heavy (non-hydrogen) atoms. The van der Waals surface area contributed by atoms with Crippen LogP contribution >= 0.6 is 0 Å². The highest BCUT2D eigenvalue weighted by Gasteiger charge is 2.31. The second kappa shape index (κ2) is 8.41. The molecule has 234 valence electrons. The molecule has 0 atom stereocenters. The fourth-order valence-electron chi connectivity index (χ4n) is 10.7. The van der Waals surface area contributed by atoms with Gasteiger partial charge in [-0.15, -0.1) is 0 Å². The lowest BCUT2D eigenvalue weighted by Crippen LogP contribution is -2.06. The third-order valence-corrected chi connectivity index (χ3v) is 12.4. The molecule has 0 spiro atoms. The third kappa shape index (κ3) is 2.76. The van der Waals surface area contributed by atoms with Gasteiger partial charge in [0.2, 0.25) is 0 Å². The van der Waals surface area contributed by atoms with Crippen molar-refractivity contribution in [2.24, 2.45) is 0 Å². The first-order valence-electron chi connectivity index (χ1n) is 17.5. The van der Waals surface area contributed by atoms with E-state index < -0.39 is 5.97 Å². The van der Waals surface area contributed by atoms with Crippen LogP contribution in [0.5, 0.6) is 0 Å². The Kier molecular flexibility index (Phi) is 4.52. The maximum Gasteiger partial charge on any atom is 0.336 e. The summed E-state index contributed by atoms with van der Waals surface area (Å²) in [5.74, 6) is -0.869. The van der Waals surface area contributed by atoms with Crippen LogP contribution in [0.25, 0.3) is 118 Å². The molecule has 0 aliphatic carbocycles. The summed E-state index contributed by atoms with van der Waals surface area (Å²) >= 11 is 0. The maximum atomic E-state index is 13.7. The van der Waals surface area contributed by atoms with Crippen molar-refractivity contribution in [3.05, 3.63) is 118 Å². The van der Waals surface area contributed by atoms with Crippen LogP contribution in [0.1, 0.15) is 38.2 Å². The summed E-state index contributed by atoms with van der Waals surface area (Å²) in [5, 5.41) is 37.6. The van der Waals surface area contributed by atoms with Gasteiger partial charge in [0.25, 0.3) is 0 Å². The lowest BCUT2D eigenvalue weighted by Gasteiger charge is -2.28. The maximum absolute atomic E-state index is 13.7. The monoisotopic (exact) mass is 638 g/mol. The summed E-state index contributed by atoms with van der Waals surface area (Å²) in [6, 6.07) is 31.7. The van der Waals surface area contributed by atoms with Gasteiger partial charge in [0.05, 0.1) is 5.56 Å². The van der Waals surface area contributed by atoms with Crippen LogP contribution in [-0.2, 0) is 0 Å². The van der Waals surface area contributed by atoms with E-state index in [9.17, 15) is 9.90 Å². The second-order valence-electron chi connectivity index (χ2n) is 15.1. The van der Waals surface area contributed by atoms with Crippen molar-refractivity contribution in [1.82, 2.24) is 0 Å². The van der Waals surface area contributed by atoms with Gasteiger partial charge in [-0.1, -0.05) is 96.1 Å². The van der Waals surface area contributed by atoms with Gasteiger partial charge < -0.3 is 5.11 Å². The Labute approximate surface area is 286 Å². The molecule has 12 aromatic carbocycles. The third-order valence-electron chi connectivity index (χ3n) is 12.4. The summed E-state index contributed by atoms with van der Waals surface area (Å²) in [6.45, 7) is 11.0. The van der Waals surface area contributed by atoms with Crippen LogP contribution in [0.4, 0.5) is 0 Å². The topological polar surface area (TPSA) is 37.3 Å².